The van der Waals surface area contributed by atoms with E-state index in [9.17, 15) is 4.79 Å². The molecular formula is C23H34N4O2. The first-order valence-electron chi connectivity index (χ1n) is 10.8. The van der Waals surface area contributed by atoms with Crippen molar-refractivity contribution in [3.8, 4) is 5.75 Å². The number of benzene rings is 1. The first-order valence-corrected chi connectivity index (χ1v) is 10.8. The summed E-state index contributed by atoms with van der Waals surface area (Å²) in [7, 11) is 1.70. The maximum Gasteiger partial charge on any atom is 0.234 e. The van der Waals surface area contributed by atoms with Crippen LogP contribution in [0.1, 0.15) is 57.8 Å². The van der Waals surface area contributed by atoms with E-state index in [0.717, 1.165) is 47.4 Å². The second kappa shape index (κ2) is 7.63. The van der Waals surface area contributed by atoms with Gasteiger partial charge in [0.1, 0.15) is 11.6 Å². The van der Waals surface area contributed by atoms with E-state index in [0.29, 0.717) is 24.5 Å². The highest BCUT2D eigenvalue weighted by molar-refractivity contribution is 5.81. The van der Waals surface area contributed by atoms with Crippen LogP contribution >= 0.6 is 0 Å². The highest BCUT2D eigenvalue weighted by Gasteiger charge is 2.41. The van der Waals surface area contributed by atoms with Crippen LogP contribution in [0.2, 0.25) is 0 Å². The van der Waals surface area contributed by atoms with Crippen molar-refractivity contribution in [3.05, 3.63) is 23.5 Å². The van der Waals surface area contributed by atoms with Gasteiger partial charge in [-0.1, -0.05) is 0 Å². The average molecular weight is 399 g/mol. The van der Waals surface area contributed by atoms with Crippen molar-refractivity contribution < 1.29 is 9.53 Å². The lowest BCUT2D eigenvalue weighted by Crippen LogP contribution is -2.51. The fourth-order valence-electron chi connectivity index (χ4n) is 5.27. The van der Waals surface area contributed by atoms with Gasteiger partial charge < -0.3 is 15.0 Å². The third-order valence-corrected chi connectivity index (χ3v) is 6.43. The summed E-state index contributed by atoms with van der Waals surface area (Å²) in [6.45, 7) is 8.71. The van der Waals surface area contributed by atoms with Gasteiger partial charge in [0.15, 0.2) is 0 Å². The minimum absolute atomic E-state index is 0.148. The molecule has 0 saturated carbocycles. The van der Waals surface area contributed by atoms with Gasteiger partial charge in [-0.05, 0) is 71.4 Å². The zero-order valence-corrected chi connectivity index (χ0v) is 18.3. The zero-order chi connectivity index (χ0) is 20.8. The number of aryl methyl sites for hydroxylation is 1. The Morgan fingerprint density at radius 2 is 1.97 bits per heavy atom. The van der Waals surface area contributed by atoms with E-state index in [1.165, 1.54) is 12.8 Å². The summed E-state index contributed by atoms with van der Waals surface area (Å²) >= 11 is 0. The van der Waals surface area contributed by atoms with Crippen LogP contribution in [0.25, 0.3) is 11.0 Å². The molecule has 6 heteroatoms. The predicted molar refractivity (Wildman–Crippen MR) is 115 cm³/mol. The molecule has 1 amide bonds. The number of imidazole rings is 1. The number of hydrogen-bond donors (Lipinski definition) is 2. The summed E-state index contributed by atoms with van der Waals surface area (Å²) < 4.78 is 5.43. The SMILES string of the molecule is COc1ccc2[nH]c(CC3C[C@H]4CC[C@@H](C3)N4CC(=O)NC(C)(C)C)nc2c1C. The summed E-state index contributed by atoms with van der Waals surface area (Å²) in [6.07, 6.45) is 5.70. The molecule has 2 bridgehead atoms. The Hall–Kier alpha value is -2.08. The topological polar surface area (TPSA) is 70.2 Å². The molecular weight excluding hydrogens is 364 g/mol. The number of amides is 1. The minimum atomic E-state index is -0.170. The van der Waals surface area contributed by atoms with Gasteiger partial charge in [0.2, 0.25) is 5.91 Å². The number of aromatic nitrogens is 2. The van der Waals surface area contributed by atoms with Crippen molar-refractivity contribution in [1.29, 1.82) is 0 Å². The number of piperidine rings is 1. The number of nitrogens with zero attached hydrogens (tertiary/aromatic N) is 2. The normalized spacial score (nSPS) is 24.8. The van der Waals surface area contributed by atoms with Crippen LogP contribution in [0.15, 0.2) is 12.1 Å². The summed E-state index contributed by atoms with van der Waals surface area (Å²) in [5, 5.41) is 3.11. The van der Waals surface area contributed by atoms with Gasteiger partial charge >= 0.3 is 0 Å². The summed E-state index contributed by atoms with van der Waals surface area (Å²) in [5.41, 5.74) is 3.01. The number of aromatic amines is 1. The number of rotatable bonds is 5. The standard InChI is InChI=1S/C23H34N4O2/c1-14-19(29-5)9-8-18-22(14)25-20(24-18)12-15-10-16-6-7-17(11-15)27(16)13-21(28)26-23(2,3)4/h8-9,15-17H,6-7,10-13H2,1-5H3,(H,24,25)(H,26,28)/t15?,16-,17+. The van der Waals surface area contributed by atoms with Crippen molar-refractivity contribution in [2.24, 2.45) is 5.92 Å². The van der Waals surface area contributed by atoms with Crippen LogP contribution in [0.3, 0.4) is 0 Å². The van der Waals surface area contributed by atoms with E-state index < -0.39 is 0 Å². The molecule has 1 aromatic carbocycles. The summed E-state index contributed by atoms with van der Waals surface area (Å²) in [6, 6.07) is 5.10. The molecule has 1 unspecified atom stereocenters. The molecule has 2 aliphatic heterocycles. The molecule has 3 atom stereocenters. The smallest absolute Gasteiger partial charge is 0.234 e. The minimum Gasteiger partial charge on any atom is -0.496 e. The molecule has 0 aliphatic carbocycles. The number of fused-ring (bicyclic) bond motifs is 3. The van der Waals surface area contributed by atoms with Gasteiger partial charge in [0.25, 0.3) is 0 Å². The van der Waals surface area contributed by atoms with Crippen molar-refractivity contribution in [2.75, 3.05) is 13.7 Å². The molecule has 2 N–H and O–H groups in total. The Morgan fingerprint density at radius 1 is 1.28 bits per heavy atom. The lowest BCUT2D eigenvalue weighted by molar-refractivity contribution is -0.125. The van der Waals surface area contributed by atoms with Crippen LogP contribution in [-0.4, -0.2) is 52.1 Å². The Labute approximate surface area is 173 Å². The molecule has 29 heavy (non-hydrogen) atoms. The van der Waals surface area contributed by atoms with Gasteiger partial charge in [0, 0.05) is 29.6 Å². The van der Waals surface area contributed by atoms with E-state index in [-0.39, 0.29) is 11.4 Å². The quantitative estimate of drug-likeness (QED) is 0.808. The van der Waals surface area contributed by atoms with Crippen LogP contribution in [-0.2, 0) is 11.2 Å². The number of carbonyl (C=O) groups is 1. The molecule has 4 rings (SSSR count). The lowest BCUT2D eigenvalue weighted by atomic mass is 9.88. The fraction of sp³-hybridized carbons (Fsp3) is 0.652. The summed E-state index contributed by atoms with van der Waals surface area (Å²) in [4.78, 5) is 23.3. The molecule has 0 spiro atoms. The van der Waals surface area contributed by atoms with Crippen molar-refractivity contribution >= 4 is 16.9 Å². The van der Waals surface area contributed by atoms with Gasteiger partial charge in [-0.2, -0.15) is 0 Å². The highest BCUT2D eigenvalue weighted by atomic mass is 16.5. The largest absolute Gasteiger partial charge is 0.496 e. The molecule has 0 radical (unpaired) electrons. The third kappa shape index (κ3) is 4.27. The Kier molecular flexibility index (Phi) is 5.32. The van der Waals surface area contributed by atoms with Crippen molar-refractivity contribution in [2.45, 2.75) is 77.4 Å². The number of ether oxygens (including phenoxy) is 1. The van der Waals surface area contributed by atoms with Gasteiger partial charge in [-0.3, -0.25) is 9.69 Å². The molecule has 2 fully saturated rings. The molecule has 1 aromatic heterocycles. The second-order valence-electron chi connectivity index (χ2n) is 9.87. The Balaban J connectivity index is 1.41. The number of H-pyrrole nitrogens is 1. The van der Waals surface area contributed by atoms with E-state index in [1.807, 2.05) is 26.8 Å². The van der Waals surface area contributed by atoms with Crippen molar-refractivity contribution in [3.63, 3.8) is 0 Å². The third-order valence-electron chi connectivity index (χ3n) is 6.43. The molecule has 158 valence electrons. The van der Waals surface area contributed by atoms with Crippen LogP contribution in [0, 0.1) is 12.8 Å². The molecule has 6 nitrogen and oxygen atoms in total. The van der Waals surface area contributed by atoms with E-state index in [1.54, 1.807) is 7.11 Å². The molecule has 2 saturated heterocycles. The monoisotopic (exact) mass is 398 g/mol. The van der Waals surface area contributed by atoms with E-state index in [4.69, 9.17) is 9.72 Å². The first kappa shape index (κ1) is 20.2. The van der Waals surface area contributed by atoms with Crippen molar-refractivity contribution in [1.82, 2.24) is 20.2 Å². The number of nitrogens with one attached hydrogen (secondary N) is 2. The molecule has 2 aliphatic rings. The maximum atomic E-state index is 12.4. The van der Waals surface area contributed by atoms with Crippen LogP contribution in [0.4, 0.5) is 0 Å². The zero-order valence-electron chi connectivity index (χ0n) is 18.3. The van der Waals surface area contributed by atoms with E-state index >= 15 is 0 Å². The van der Waals surface area contributed by atoms with Crippen LogP contribution < -0.4 is 10.1 Å². The number of methoxy groups -OCH3 is 1. The average Bonchev–Trinajstić information content (AvgIpc) is 3.12. The fourth-order valence-corrected chi connectivity index (χ4v) is 5.27. The van der Waals surface area contributed by atoms with Gasteiger partial charge in [-0.25, -0.2) is 4.98 Å². The molecule has 3 heterocycles. The number of carbonyl (C=O) groups excluding carboxylic acids is 1. The van der Waals surface area contributed by atoms with E-state index in [2.05, 4.69) is 28.2 Å². The Morgan fingerprint density at radius 3 is 2.59 bits per heavy atom. The second-order valence-corrected chi connectivity index (χ2v) is 9.87. The van der Waals surface area contributed by atoms with Gasteiger partial charge in [-0.15, -0.1) is 0 Å². The summed E-state index contributed by atoms with van der Waals surface area (Å²) in [5.74, 6) is 2.72. The highest BCUT2D eigenvalue weighted by Crippen LogP contribution is 2.39. The molecule has 2 aromatic rings. The maximum absolute atomic E-state index is 12.4. The first-order chi connectivity index (χ1) is 13.7. The predicted octanol–water partition coefficient (Wildman–Crippen LogP) is 3.58. The number of hydrogen-bond acceptors (Lipinski definition) is 4. The van der Waals surface area contributed by atoms with Gasteiger partial charge in [0.05, 0.1) is 24.7 Å². The lowest BCUT2D eigenvalue weighted by Gasteiger charge is -2.38. The van der Waals surface area contributed by atoms with Crippen LogP contribution in [0.5, 0.6) is 5.75 Å². The Bertz CT molecular complexity index is 884.